The van der Waals surface area contributed by atoms with Crippen LogP contribution in [0.15, 0.2) is 18.2 Å². The molecule has 0 aliphatic carbocycles. The third-order valence-corrected chi connectivity index (χ3v) is 2.29. The van der Waals surface area contributed by atoms with Crippen molar-refractivity contribution in [3.8, 4) is 5.75 Å². The summed E-state index contributed by atoms with van der Waals surface area (Å²) in [5, 5.41) is 22.0. The number of hydrogen-bond acceptors (Lipinski definition) is 5. The maximum Gasteiger partial charge on any atom is 0.310 e. The Hall–Kier alpha value is -2.15. The molecule has 0 aromatic heterocycles. The van der Waals surface area contributed by atoms with Gasteiger partial charge in [-0.3, -0.25) is 14.9 Å². The van der Waals surface area contributed by atoms with Gasteiger partial charge in [-0.15, -0.1) is 0 Å². The molecule has 0 heterocycles. The second-order valence-electron chi connectivity index (χ2n) is 3.70. The van der Waals surface area contributed by atoms with E-state index in [1.165, 1.54) is 25.3 Å². The van der Waals surface area contributed by atoms with Gasteiger partial charge in [0.05, 0.1) is 18.6 Å². The molecule has 0 bridgehead atoms. The maximum atomic E-state index is 11.7. The van der Waals surface area contributed by atoms with E-state index < -0.39 is 16.9 Å². The standard InChI is InChI=1S/C11H14N2O5/c1-7(6-14)12-11(15)8-3-4-9(13(16)17)10(5-8)18-2/h3-5,7,14H,6H2,1-2H3,(H,12,15)/t7-/m1/s1. The molecule has 7 heteroatoms. The van der Waals surface area contributed by atoms with Crippen LogP contribution < -0.4 is 10.1 Å². The fourth-order valence-corrected chi connectivity index (χ4v) is 1.32. The number of carbonyl (C=O) groups is 1. The van der Waals surface area contributed by atoms with Gasteiger partial charge in [-0.2, -0.15) is 0 Å². The molecule has 1 amide bonds. The van der Waals surface area contributed by atoms with Crippen molar-refractivity contribution >= 4 is 11.6 Å². The average molecular weight is 254 g/mol. The Labute approximate surface area is 104 Å². The van der Waals surface area contributed by atoms with E-state index in [0.29, 0.717) is 0 Å². The van der Waals surface area contributed by atoms with Crippen LogP contribution in [0.4, 0.5) is 5.69 Å². The van der Waals surface area contributed by atoms with Gasteiger partial charge in [0.2, 0.25) is 0 Å². The van der Waals surface area contributed by atoms with Crippen LogP contribution in [0.25, 0.3) is 0 Å². The molecule has 0 saturated heterocycles. The molecule has 0 fully saturated rings. The fraction of sp³-hybridized carbons (Fsp3) is 0.364. The van der Waals surface area contributed by atoms with E-state index in [1.54, 1.807) is 6.92 Å². The van der Waals surface area contributed by atoms with Gasteiger partial charge in [0.15, 0.2) is 5.75 Å². The molecule has 18 heavy (non-hydrogen) atoms. The summed E-state index contributed by atoms with van der Waals surface area (Å²) in [6.45, 7) is 1.45. The second-order valence-corrected chi connectivity index (χ2v) is 3.70. The zero-order valence-electron chi connectivity index (χ0n) is 10.0. The first kappa shape index (κ1) is 13.9. The van der Waals surface area contributed by atoms with E-state index in [1.807, 2.05) is 0 Å². The summed E-state index contributed by atoms with van der Waals surface area (Å²) in [6, 6.07) is 3.44. The summed E-state index contributed by atoms with van der Waals surface area (Å²) in [5.41, 5.74) is 0.0296. The van der Waals surface area contributed by atoms with Crippen LogP contribution >= 0.6 is 0 Å². The highest BCUT2D eigenvalue weighted by Crippen LogP contribution is 2.27. The smallest absolute Gasteiger partial charge is 0.310 e. The number of methoxy groups -OCH3 is 1. The number of rotatable bonds is 5. The Kier molecular flexibility index (Phi) is 4.61. The number of hydrogen-bond donors (Lipinski definition) is 2. The third-order valence-electron chi connectivity index (χ3n) is 2.29. The Balaban J connectivity index is 2.98. The summed E-state index contributed by atoms with van der Waals surface area (Å²) in [5.74, 6) is -0.408. The van der Waals surface area contributed by atoms with Gasteiger partial charge in [0, 0.05) is 23.7 Å². The predicted octanol–water partition coefficient (Wildman–Crippen LogP) is 0.714. The number of nitro benzene ring substituents is 1. The lowest BCUT2D eigenvalue weighted by molar-refractivity contribution is -0.385. The number of aliphatic hydroxyl groups is 1. The highest BCUT2D eigenvalue weighted by atomic mass is 16.6. The van der Waals surface area contributed by atoms with E-state index in [9.17, 15) is 14.9 Å². The van der Waals surface area contributed by atoms with E-state index in [0.717, 1.165) is 0 Å². The summed E-state index contributed by atoms with van der Waals surface area (Å²) in [6.07, 6.45) is 0. The maximum absolute atomic E-state index is 11.7. The first-order valence-electron chi connectivity index (χ1n) is 5.23. The number of benzene rings is 1. The average Bonchev–Trinajstić information content (AvgIpc) is 2.37. The van der Waals surface area contributed by atoms with Crippen LogP contribution in [0.3, 0.4) is 0 Å². The third kappa shape index (κ3) is 3.17. The molecular formula is C11H14N2O5. The zero-order chi connectivity index (χ0) is 13.7. The lowest BCUT2D eigenvalue weighted by atomic mass is 10.1. The van der Waals surface area contributed by atoms with Gasteiger partial charge in [0.1, 0.15) is 0 Å². The van der Waals surface area contributed by atoms with E-state index in [-0.39, 0.29) is 23.6 Å². The molecule has 1 atom stereocenters. The monoisotopic (exact) mass is 254 g/mol. The first-order chi connectivity index (χ1) is 8.49. The molecule has 0 unspecified atom stereocenters. The summed E-state index contributed by atoms with van der Waals surface area (Å²) >= 11 is 0. The van der Waals surface area contributed by atoms with Crippen LogP contribution in [0.5, 0.6) is 5.75 Å². The molecule has 1 aromatic carbocycles. The van der Waals surface area contributed by atoms with Crippen LogP contribution in [-0.4, -0.2) is 35.7 Å². The van der Waals surface area contributed by atoms with Crippen molar-refractivity contribution in [3.63, 3.8) is 0 Å². The number of ether oxygens (including phenoxy) is 1. The Morgan fingerprint density at radius 2 is 2.28 bits per heavy atom. The molecule has 0 aliphatic rings. The van der Waals surface area contributed by atoms with Gasteiger partial charge in [-0.05, 0) is 13.0 Å². The van der Waals surface area contributed by atoms with Crippen molar-refractivity contribution in [1.29, 1.82) is 0 Å². The van der Waals surface area contributed by atoms with Gasteiger partial charge in [-0.25, -0.2) is 0 Å². The first-order valence-corrected chi connectivity index (χ1v) is 5.23. The SMILES string of the molecule is COc1cc(C(=O)N[C@H](C)CO)ccc1[N+](=O)[O-]. The Bertz CT molecular complexity index is 461. The van der Waals surface area contributed by atoms with Gasteiger partial charge in [-0.1, -0.05) is 0 Å². The van der Waals surface area contributed by atoms with Crippen molar-refractivity contribution in [2.24, 2.45) is 0 Å². The fourth-order valence-electron chi connectivity index (χ4n) is 1.32. The molecule has 0 radical (unpaired) electrons. The highest BCUT2D eigenvalue weighted by molar-refractivity contribution is 5.95. The minimum absolute atomic E-state index is 0.0179. The quantitative estimate of drug-likeness (QED) is 0.595. The lowest BCUT2D eigenvalue weighted by Gasteiger charge is -2.11. The molecule has 0 spiro atoms. The Morgan fingerprint density at radius 3 is 2.78 bits per heavy atom. The van der Waals surface area contributed by atoms with E-state index in [2.05, 4.69) is 5.32 Å². The number of carbonyl (C=O) groups excluding carboxylic acids is 1. The number of nitrogens with one attached hydrogen (secondary N) is 1. The number of amides is 1. The molecular weight excluding hydrogens is 240 g/mol. The lowest BCUT2D eigenvalue weighted by Crippen LogP contribution is -2.34. The summed E-state index contributed by atoms with van der Waals surface area (Å²) < 4.78 is 4.86. The number of nitro groups is 1. The molecule has 0 aliphatic heterocycles. The minimum Gasteiger partial charge on any atom is -0.490 e. The zero-order valence-corrected chi connectivity index (χ0v) is 10.0. The van der Waals surface area contributed by atoms with Crippen LogP contribution in [0.1, 0.15) is 17.3 Å². The van der Waals surface area contributed by atoms with Crippen molar-refractivity contribution in [3.05, 3.63) is 33.9 Å². The normalized spacial score (nSPS) is 11.7. The van der Waals surface area contributed by atoms with Gasteiger partial charge >= 0.3 is 5.69 Å². The topological polar surface area (TPSA) is 102 Å². The summed E-state index contributed by atoms with van der Waals surface area (Å²) in [4.78, 5) is 21.8. The second kappa shape index (κ2) is 5.97. The number of nitrogens with zero attached hydrogens (tertiary/aromatic N) is 1. The van der Waals surface area contributed by atoms with Crippen molar-refractivity contribution in [2.45, 2.75) is 13.0 Å². The molecule has 7 nitrogen and oxygen atoms in total. The van der Waals surface area contributed by atoms with Crippen molar-refractivity contribution in [2.75, 3.05) is 13.7 Å². The number of aliphatic hydroxyl groups excluding tert-OH is 1. The molecule has 1 aromatic rings. The van der Waals surface area contributed by atoms with E-state index >= 15 is 0 Å². The Morgan fingerprint density at radius 1 is 1.61 bits per heavy atom. The molecule has 0 saturated carbocycles. The predicted molar refractivity (Wildman–Crippen MR) is 63.7 cm³/mol. The van der Waals surface area contributed by atoms with Crippen molar-refractivity contribution < 1.29 is 19.6 Å². The van der Waals surface area contributed by atoms with Gasteiger partial charge in [0.25, 0.3) is 5.91 Å². The van der Waals surface area contributed by atoms with E-state index in [4.69, 9.17) is 9.84 Å². The van der Waals surface area contributed by atoms with Crippen LogP contribution in [0, 0.1) is 10.1 Å². The van der Waals surface area contributed by atoms with Crippen LogP contribution in [-0.2, 0) is 0 Å². The minimum atomic E-state index is -0.586. The highest BCUT2D eigenvalue weighted by Gasteiger charge is 2.18. The van der Waals surface area contributed by atoms with Gasteiger partial charge < -0.3 is 15.2 Å². The molecule has 98 valence electrons. The van der Waals surface area contributed by atoms with Crippen LogP contribution in [0.2, 0.25) is 0 Å². The molecule has 2 N–H and O–H groups in total. The summed E-state index contributed by atoms with van der Waals surface area (Å²) in [7, 11) is 1.29. The largest absolute Gasteiger partial charge is 0.490 e. The molecule has 1 rings (SSSR count). The van der Waals surface area contributed by atoms with Crippen molar-refractivity contribution in [1.82, 2.24) is 5.32 Å².